The van der Waals surface area contributed by atoms with Crippen molar-refractivity contribution in [1.82, 2.24) is 10.2 Å². The molecule has 19 heavy (non-hydrogen) atoms. The predicted molar refractivity (Wildman–Crippen MR) is 68.5 cm³/mol. The van der Waals surface area contributed by atoms with Crippen LogP contribution in [0.15, 0.2) is 24.3 Å². The SMILES string of the molecule is O=C1CC(C(=O)N2CCOc3ccccc3C2)CN1. The van der Waals surface area contributed by atoms with E-state index in [1.54, 1.807) is 4.90 Å². The molecule has 1 atom stereocenters. The van der Waals surface area contributed by atoms with Crippen LogP contribution >= 0.6 is 0 Å². The van der Waals surface area contributed by atoms with Gasteiger partial charge in [-0.2, -0.15) is 0 Å². The molecule has 0 aromatic heterocycles. The summed E-state index contributed by atoms with van der Waals surface area (Å²) in [5.41, 5.74) is 1.02. The summed E-state index contributed by atoms with van der Waals surface area (Å²) in [6.07, 6.45) is 0.303. The number of hydrogen-bond acceptors (Lipinski definition) is 3. The Morgan fingerprint density at radius 1 is 1.37 bits per heavy atom. The fraction of sp³-hybridized carbons (Fsp3) is 0.429. The first-order valence-electron chi connectivity index (χ1n) is 6.50. The Morgan fingerprint density at radius 2 is 2.21 bits per heavy atom. The third-order valence-corrected chi connectivity index (χ3v) is 3.59. The summed E-state index contributed by atoms with van der Waals surface area (Å²) in [5.74, 6) is 0.625. The second-order valence-corrected chi connectivity index (χ2v) is 4.92. The highest BCUT2D eigenvalue weighted by Gasteiger charge is 2.32. The van der Waals surface area contributed by atoms with Crippen LogP contribution in [0.1, 0.15) is 12.0 Å². The van der Waals surface area contributed by atoms with E-state index >= 15 is 0 Å². The maximum atomic E-state index is 12.4. The number of nitrogens with zero attached hydrogens (tertiary/aromatic N) is 1. The second-order valence-electron chi connectivity index (χ2n) is 4.92. The summed E-state index contributed by atoms with van der Waals surface area (Å²) in [5, 5.41) is 2.71. The maximum Gasteiger partial charge on any atom is 0.228 e. The van der Waals surface area contributed by atoms with Gasteiger partial charge in [-0.1, -0.05) is 18.2 Å². The van der Waals surface area contributed by atoms with E-state index in [2.05, 4.69) is 5.32 Å². The van der Waals surface area contributed by atoms with Crippen molar-refractivity contribution in [2.24, 2.45) is 5.92 Å². The van der Waals surface area contributed by atoms with Gasteiger partial charge < -0.3 is 15.0 Å². The van der Waals surface area contributed by atoms with Crippen LogP contribution < -0.4 is 10.1 Å². The molecule has 1 fully saturated rings. The van der Waals surface area contributed by atoms with Crippen LogP contribution in [0.2, 0.25) is 0 Å². The van der Waals surface area contributed by atoms with E-state index < -0.39 is 0 Å². The van der Waals surface area contributed by atoms with E-state index in [4.69, 9.17) is 4.74 Å². The lowest BCUT2D eigenvalue weighted by atomic mass is 10.1. The summed E-state index contributed by atoms with van der Waals surface area (Å²) >= 11 is 0. The zero-order chi connectivity index (χ0) is 13.2. The quantitative estimate of drug-likeness (QED) is 0.802. The van der Waals surface area contributed by atoms with E-state index in [1.807, 2.05) is 24.3 Å². The normalized spacial score (nSPS) is 22.2. The molecular weight excluding hydrogens is 244 g/mol. The zero-order valence-corrected chi connectivity index (χ0v) is 10.6. The first kappa shape index (κ1) is 12.0. The van der Waals surface area contributed by atoms with E-state index in [1.165, 1.54) is 0 Å². The van der Waals surface area contributed by atoms with E-state index in [9.17, 15) is 9.59 Å². The van der Waals surface area contributed by atoms with Crippen molar-refractivity contribution in [2.75, 3.05) is 19.7 Å². The van der Waals surface area contributed by atoms with E-state index in [0.717, 1.165) is 11.3 Å². The van der Waals surface area contributed by atoms with Gasteiger partial charge in [-0.3, -0.25) is 9.59 Å². The van der Waals surface area contributed by atoms with Crippen LogP contribution in [0, 0.1) is 5.92 Å². The number of nitrogens with one attached hydrogen (secondary N) is 1. The smallest absolute Gasteiger partial charge is 0.228 e. The Bertz CT molecular complexity index is 515. The molecule has 3 rings (SSSR count). The monoisotopic (exact) mass is 260 g/mol. The van der Waals surface area contributed by atoms with Crippen molar-refractivity contribution in [3.05, 3.63) is 29.8 Å². The summed E-state index contributed by atoms with van der Waals surface area (Å²) < 4.78 is 5.64. The van der Waals surface area contributed by atoms with Gasteiger partial charge in [-0.05, 0) is 6.07 Å². The topological polar surface area (TPSA) is 58.6 Å². The van der Waals surface area contributed by atoms with E-state index in [0.29, 0.717) is 32.7 Å². The number of carbonyl (C=O) groups excluding carboxylic acids is 2. The molecule has 1 N–H and O–H groups in total. The van der Waals surface area contributed by atoms with Gasteiger partial charge in [-0.25, -0.2) is 0 Å². The van der Waals surface area contributed by atoms with Gasteiger partial charge in [0.1, 0.15) is 12.4 Å². The van der Waals surface area contributed by atoms with Gasteiger partial charge in [0, 0.05) is 25.1 Å². The molecule has 2 amide bonds. The lowest BCUT2D eigenvalue weighted by Gasteiger charge is -2.22. The molecule has 2 aliphatic rings. The molecule has 1 saturated heterocycles. The minimum atomic E-state index is -0.224. The average Bonchev–Trinajstić information content (AvgIpc) is 2.74. The number of amides is 2. The molecule has 1 aromatic rings. The molecule has 1 unspecified atom stereocenters. The molecule has 0 saturated carbocycles. The lowest BCUT2D eigenvalue weighted by Crippen LogP contribution is -2.37. The molecule has 5 heteroatoms. The third kappa shape index (κ3) is 2.41. The van der Waals surface area contributed by atoms with Gasteiger partial charge in [-0.15, -0.1) is 0 Å². The van der Waals surface area contributed by atoms with E-state index in [-0.39, 0.29) is 17.7 Å². The number of fused-ring (bicyclic) bond motifs is 1. The Balaban J connectivity index is 1.75. The Kier molecular flexibility index (Phi) is 3.11. The molecule has 0 radical (unpaired) electrons. The number of hydrogen-bond donors (Lipinski definition) is 1. The number of para-hydroxylation sites is 1. The highest BCUT2D eigenvalue weighted by atomic mass is 16.5. The van der Waals surface area contributed by atoms with Crippen molar-refractivity contribution in [3.63, 3.8) is 0 Å². The first-order chi connectivity index (χ1) is 9.24. The zero-order valence-electron chi connectivity index (χ0n) is 10.6. The van der Waals surface area contributed by atoms with Gasteiger partial charge in [0.25, 0.3) is 0 Å². The third-order valence-electron chi connectivity index (χ3n) is 3.59. The summed E-state index contributed by atoms with van der Waals surface area (Å²) in [7, 11) is 0. The molecular formula is C14H16N2O3. The molecule has 2 aliphatic heterocycles. The van der Waals surface area contributed by atoms with Crippen LogP contribution in [-0.2, 0) is 16.1 Å². The van der Waals surface area contributed by atoms with Gasteiger partial charge in [0.2, 0.25) is 11.8 Å². The highest BCUT2D eigenvalue weighted by Crippen LogP contribution is 2.24. The Hall–Kier alpha value is -2.04. The van der Waals surface area contributed by atoms with Crippen LogP contribution in [0.3, 0.4) is 0 Å². The van der Waals surface area contributed by atoms with Crippen LogP contribution in [0.5, 0.6) is 5.75 Å². The summed E-state index contributed by atoms with van der Waals surface area (Å²) in [6.45, 7) is 2.07. The predicted octanol–water partition coefficient (Wildman–Crippen LogP) is 0.544. The van der Waals surface area contributed by atoms with Crippen LogP contribution in [0.4, 0.5) is 0 Å². The van der Waals surface area contributed by atoms with Crippen LogP contribution in [-0.4, -0.2) is 36.4 Å². The number of rotatable bonds is 1. The Labute approximate surface area is 111 Å². The maximum absolute atomic E-state index is 12.4. The van der Waals surface area contributed by atoms with Gasteiger partial charge in [0.05, 0.1) is 12.5 Å². The first-order valence-corrected chi connectivity index (χ1v) is 6.50. The number of carbonyl (C=O) groups is 2. The molecule has 1 aromatic carbocycles. The largest absolute Gasteiger partial charge is 0.491 e. The van der Waals surface area contributed by atoms with Crippen LogP contribution in [0.25, 0.3) is 0 Å². The van der Waals surface area contributed by atoms with Crippen molar-refractivity contribution >= 4 is 11.8 Å². The lowest BCUT2D eigenvalue weighted by molar-refractivity contribution is -0.136. The van der Waals surface area contributed by atoms with Crippen molar-refractivity contribution in [2.45, 2.75) is 13.0 Å². The molecule has 5 nitrogen and oxygen atoms in total. The molecule has 2 heterocycles. The highest BCUT2D eigenvalue weighted by molar-refractivity contribution is 5.89. The summed E-state index contributed by atoms with van der Waals surface area (Å²) in [6, 6.07) is 7.76. The summed E-state index contributed by atoms with van der Waals surface area (Å²) in [4.78, 5) is 25.4. The minimum absolute atomic E-state index is 0.0372. The molecule has 0 aliphatic carbocycles. The molecule has 0 bridgehead atoms. The number of benzene rings is 1. The number of ether oxygens (including phenoxy) is 1. The average molecular weight is 260 g/mol. The standard InChI is InChI=1S/C14H16N2O3/c17-13-7-11(8-15-13)14(18)16-5-6-19-12-4-2-1-3-10(12)9-16/h1-4,11H,5-9H2,(H,15,17). The van der Waals surface area contributed by atoms with Crippen molar-refractivity contribution in [1.29, 1.82) is 0 Å². The van der Waals surface area contributed by atoms with Crippen molar-refractivity contribution < 1.29 is 14.3 Å². The molecule has 100 valence electrons. The minimum Gasteiger partial charge on any atom is -0.491 e. The Morgan fingerprint density at radius 3 is 3.00 bits per heavy atom. The van der Waals surface area contributed by atoms with Crippen molar-refractivity contribution in [3.8, 4) is 5.75 Å². The molecule has 0 spiro atoms. The van der Waals surface area contributed by atoms with Gasteiger partial charge >= 0.3 is 0 Å². The fourth-order valence-corrected chi connectivity index (χ4v) is 2.55. The van der Waals surface area contributed by atoms with Gasteiger partial charge in [0.15, 0.2) is 0 Å². The second kappa shape index (κ2) is 4.91. The fourth-order valence-electron chi connectivity index (χ4n) is 2.55.